The Labute approximate surface area is 159 Å². The molecule has 0 spiro atoms. The van der Waals surface area contributed by atoms with Crippen LogP contribution in [0.4, 0.5) is 13.2 Å². The van der Waals surface area contributed by atoms with Crippen molar-refractivity contribution in [2.45, 2.75) is 19.1 Å². The molecule has 2 aromatic rings. The van der Waals surface area contributed by atoms with E-state index in [1.54, 1.807) is 37.3 Å². The zero-order valence-corrected chi connectivity index (χ0v) is 14.9. The normalized spacial score (nSPS) is 19.6. The number of amides is 1. The van der Waals surface area contributed by atoms with Gasteiger partial charge >= 0.3 is 12.1 Å². The van der Waals surface area contributed by atoms with Crippen LogP contribution in [0.2, 0.25) is 0 Å². The van der Waals surface area contributed by atoms with E-state index in [2.05, 4.69) is 10.3 Å². The number of carbonyl (C=O) groups is 2. The summed E-state index contributed by atoms with van der Waals surface area (Å²) in [6.07, 6.45) is -4.48. The lowest BCUT2D eigenvalue weighted by Crippen LogP contribution is -2.47. The molecule has 28 heavy (non-hydrogen) atoms. The lowest BCUT2D eigenvalue weighted by atomic mass is 9.90. The van der Waals surface area contributed by atoms with Crippen LogP contribution in [0.1, 0.15) is 29.7 Å². The standard InChI is InChI=1S/C20H17F3N2O3/c1-2-28-19(27)15-16(12-8-10-14(11-9-12)20(21,22)23)24-17(25-18(15)26)13-6-4-3-5-7-13/h3-11,15-16H,2H2,1H3,(H,24,25,26). The Balaban J connectivity index is 2.04. The molecule has 2 atom stereocenters. The number of halogens is 3. The summed E-state index contributed by atoms with van der Waals surface area (Å²) in [5, 5.41) is 2.59. The molecule has 1 heterocycles. The number of alkyl halides is 3. The molecule has 0 saturated carbocycles. The summed E-state index contributed by atoms with van der Waals surface area (Å²) >= 11 is 0. The van der Waals surface area contributed by atoms with Gasteiger partial charge < -0.3 is 10.1 Å². The number of ether oxygens (including phenoxy) is 1. The van der Waals surface area contributed by atoms with Crippen molar-refractivity contribution in [2.75, 3.05) is 6.61 Å². The van der Waals surface area contributed by atoms with E-state index in [0.717, 1.165) is 12.1 Å². The van der Waals surface area contributed by atoms with Gasteiger partial charge in [-0.25, -0.2) is 0 Å². The molecule has 1 amide bonds. The lowest BCUT2D eigenvalue weighted by Gasteiger charge is -2.28. The third kappa shape index (κ3) is 4.05. The molecule has 2 aromatic carbocycles. The smallest absolute Gasteiger partial charge is 0.416 e. The van der Waals surface area contributed by atoms with Crippen LogP contribution >= 0.6 is 0 Å². The Morgan fingerprint density at radius 2 is 1.75 bits per heavy atom. The van der Waals surface area contributed by atoms with Crippen LogP contribution in [0.15, 0.2) is 59.6 Å². The van der Waals surface area contributed by atoms with Gasteiger partial charge in [-0.05, 0) is 24.6 Å². The third-order valence-electron chi connectivity index (χ3n) is 4.28. The van der Waals surface area contributed by atoms with Gasteiger partial charge in [0.25, 0.3) is 0 Å². The van der Waals surface area contributed by atoms with Crippen molar-refractivity contribution in [1.82, 2.24) is 5.32 Å². The zero-order chi connectivity index (χ0) is 20.3. The van der Waals surface area contributed by atoms with Crippen molar-refractivity contribution in [1.29, 1.82) is 0 Å². The molecule has 146 valence electrons. The van der Waals surface area contributed by atoms with E-state index in [9.17, 15) is 22.8 Å². The molecule has 0 bridgehead atoms. The minimum atomic E-state index is -4.48. The number of nitrogens with one attached hydrogen (secondary N) is 1. The molecule has 8 heteroatoms. The molecular weight excluding hydrogens is 373 g/mol. The van der Waals surface area contributed by atoms with Crippen LogP contribution in [-0.2, 0) is 20.5 Å². The lowest BCUT2D eigenvalue weighted by molar-refractivity contribution is -0.153. The Morgan fingerprint density at radius 1 is 1.11 bits per heavy atom. The van der Waals surface area contributed by atoms with Crippen molar-refractivity contribution in [3.63, 3.8) is 0 Å². The van der Waals surface area contributed by atoms with Gasteiger partial charge in [0.05, 0.1) is 18.2 Å². The van der Waals surface area contributed by atoms with E-state index >= 15 is 0 Å². The first-order valence-electron chi connectivity index (χ1n) is 8.59. The number of benzene rings is 2. The van der Waals surface area contributed by atoms with Gasteiger partial charge in [0, 0.05) is 5.56 Å². The van der Waals surface area contributed by atoms with Crippen molar-refractivity contribution in [3.8, 4) is 0 Å². The number of aliphatic imine (C=N–C) groups is 1. The second-order valence-electron chi connectivity index (χ2n) is 6.13. The van der Waals surface area contributed by atoms with E-state index in [0.29, 0.717) is 11.1 Å². The largest absolute Gasteiger partial charge is 0.465 e. The summed E-state index contributed by atoms with van der Waals surface area (Å²) in [5.41, 5.74) is 0.112. The summed E-state index contributed by atoms with van der Waals surface area (Å²) in [4.78, 5) is 29.4. The van der Waals surface area contributed by atoms with Gasteiger partial charge in [-0.1, -0.05) is 42.5 Å². The molecule has 1 aliphatic heterocycles. The topological polar surface area (TPSA) is 67.8 Å². The first-order chi connectivity index (χ1) is 13.3. The SMILES string of the molecule is CCOC(=O)C1C(=O)NC(c2ccccc2)=NC1c1ccc(C(F)(F)F)cc1. The van der Waals surface area contributed by atoms with Crippen LogP contribution in [0.25, 0.3) is 0 Å². The van der Waals surface area contributed by atoms with Crippen molar-refractivity contribution in [2.24, 2.45) is 10.9 Å². The molecule has 5 nitrogen and oxygen atoms in total. The number of nitrogens with zero attached hydrogens (tertiary/aromatic N) is 1. The molecule has 1 N–H and O–H groups in total. The highest BCUT2D eigenvalue weighted by atomic mass is 19.4. The Kier molecular flexibility index (Phi) is 5.48. The minimum Gasteiger partial charge on any atom is -0.465 e. The van der Waals surface area contributed by atoms with Crippen molar-refractivity contribution < 1.29 is 27.5 Å². The summed E-state index contributed by atoms with van der Waals surface area (Å²) < 4.78 is 43.5. The maximum Gasteiger partial charge on any atom is 0.416 e. The fourth-order valence-corrected chi connectivity index (χ4v) is 2.93. The molecule has 0 saturated heterocycles. The number of hydrogen-bond donors (Lipinski definition) is 1. The zero-order valence-electron chi connectivity index (χ0n) is 14.9. The summed E-state index contributed by atoms with van der Waals surface area (Å²) in [6.45, 7) is 1.67. The highest BCUT2D eigenvalue weighted by Gasteiger charge is 2.41. The number of carbonyl (C=O) groups excluding carboxylic acids is 2. The molecule has 3 rings (SSSR count). The highest BCUT2D eigenvalue weighted by Crippen LogP contribution is 2.34. The molecule has 0 fully saturated rings. The summed E-state index contributed by atoms with van der Waals surface area (Å²) in [7, 11) is 0. The van der Waals surface area contributed by atoms with E-state index in [1.807, 2.05) is 0 Å². The van der Waals surface area contributed by atoms with Gasteiger partial charge in [-0.3, -0.25) is 14.6 Å². The second kappa shape index (κ2) is 7.84. The minimum absolute atomic E-state index is 0.0671. The van der Waals surface area contributed by atoms with Gasteiger partial charge in [0.15, 0.2) is 5.92 Å². The van der Waals surface area contributed by atoms with E-state index in [-0.39, 0.29) is 12.4 Å². The third-order valence-corrected chi connectivity index (χ3v) is 4.28. The average Bonchev–Trinajstić information content (AvgIpc) is 2.67. The van der Waals surface area contributed by atoms with Crippen LogP contribution in [0, 0.1) is 5.92 Å². The fourth-order valence-electron chi connectivity index (χ4n) is 2.93. The number of esters is 1. The number of amidine groups is 1. The molecule has 0 radical (unpaired) electrons. The van der Waals surface area contributed by atoms with Crippen molar-refractivity contribution >= 4 is 17.7 Å². The van der Waals surface area contributed by atoms with Crippen LogP contribution < -0.4 is 5.32 Å². The van der Waals surface area contributed by atoms with E-state index in [4.69, 9.17) is 4.74 Å². The maximum atomic E-state index is 12.8. The molecule has 1 aliphatic rings. The second-order valence-corrected chi connectivity index (χ2v) is 6.13. The first kappa shape index (κ1) is 19.6. The quantitative estimate of drug-likeness (QED) is 0.642. The van der Waals surface area contributed by atoms with Crippen molar-refractivity contribution in [3.05, 3.63) is 71.3 Å². The number of hydrogen-bond acceptors (Lipinski definition) is 4. The van der Waals surface area contributed by atoms with Crippen LogP contribution in [-0.4, -0.2) is 24.3 Å². The predicted octanol–water partition coefficient (Wildman–Crippen LogP) is 3.50. The average molecular weight is 390 g/mol. The molecular formula is C20H17F3N2O3. The Bertz CT molecular complexity index is 893. The Morgan fingerprint density at radius 3 is 2.32 bits per heavy atom. The maximum absolute atomic E-state index is 12.8. The predicted molar refractivity (Wildman–Crippen MR) is 95.4 cm³/mol. The van der Waals surface area contributed by atoms with Gasteiger partial charge in [0.1, 0.15) is 5.84 Å². The molecule has 2 unspecified atom stereocenters. The van der Waals surface area contributed by atoms with E-state index < -0.39 is 35.6 Å². The van der Waals surface area contributed by atoms with Crippen LogP contribution in [0.3, 0.4) is 0 Å². The first-order valence-corrected chi connectivity index (χ1v) is 8.59. The highest BCUT2D eigenvalue weighted by molar-refractivity contribution is 6.14. The molecule has 0 aliphatic carbocycles. The van der Waals surface area contributed by atoms with E-state index in [1.165, 1.54) is 12.1 Å². The van der Waals surface area contributed by atoms with Gasteiger partial charge in [-0.2, -0.15) is 13.2 Å². The van der Waals surface area contributed by atoms with Gasteiger partial charge in [0.2, 0.25) is 5.91 Å². The summed E-state index contributed by atoms with van der Waals surface area (Å²) in [6, 6.07) is 12.0. The number of rotatable bonds is 4. The van der Waals surface area contributed by atoms with Gasteiger partial charge in [-0.15, -0.1) is 0 Å². The fraction of sp³-hybridized carbons (Fsp3) is 0.250. The monoisotopic (exact) mass is 390 g/mol. The molecule has 0 aromatic heterocycles. The Hall–Kier alpha value is -3.16. The summed E-state index contributed by atoms with van der Waals surface area (Å²) in [5.74, 6) is -2.43. The van der Waals surface area contributed by atoms with Crippen LogP contribution in [0.5, 0.6) is 0 Å².